The quantitative estimate of drug-likeness (QED) is 0.900. The van der Waals surface area contributed by atoms with Crippen molar-refractivity contribution < 1.29 is 4.52 Å². The Morgan fingerprint density at radius 3 is 2.16 bits per heavy atom. The first-order chi connectivity index (χ1) is 8.77. The number of aryl methyl sites for hydroxylation is 2. The summed E-state index contributed by atoms with van der Waals surface area (Å²) in [5, 5.41) is 4.01. The molecule has 4 nitrogen and oxygen atoms in total. The summed E-state index contributed by atoms with van der Waals surface area (Å²) in [5.74, 6) is 1.15. The largest absolute Gasteiger partial charge is 0.339 e. The molecule has 2 aromatic rings. The highest BCUT2D eigenvalue weighted by Gasteiger charge is 2.24. The van der Waals surface area contributed by atoms with Crippen LogP contribution in [0.25, 0.3) is 0 Å². The van der Waals surface area contributed by atoms with E-state index in [0.29, 0.717) is 11.7 Å². The molecule has 0 aliphatic rings. The Morgan fingerprint density at radius 2 is 1.68 bits per heavy atom. The van der Waals surface area contributed by atoms with Gasteiger partial charge in [0.15, 0.2) is 5.82 Å². The van der Waals surface area contributed by atoms with Crippen LogP contribution in [0.1, 0.15) is 55.2 Å². The molecule has 0 saturated heterocycles. The Balaban J connectivity index is 2.33. The summed E-state index contributed by atoms with van der Waals surface area (Å²) in [4.78, 5) is 4.41. The molecule has 0 bridgehead atoms. The van der Waals surface area contributed by atoms with E-state index in [-0.39, 0.29) is 11.5 Å². The molecule has 102 valence electrons. The van der Waals surface area contributed by atoms with Crippen molar-refractivity contribution in [2.75, 3.05) is 0 Å². The Kier molecular flexibility index (Phi) is 3.45. The highest BCUT2D eigenvalue weighted by atomic mass is 16.5. The number of nitrogens with zero attached hydrogens (tertiary/aromatic N) is 2. The summed E-state index contributed by atoms with van der Waals surface area (Å²) in [6, 6.07) is 5.89. The minimum atomic E-state index is -0.349. The van der Waals surface area contributed by atoms with Crippen molar-refractivity contribution in [1.82, 2.24) is 10.1 Å². The van der Waals surface area contributed by atoms with Crippen molar-refractivity contribution in [3.8, 4) is 0 Å². The zero-order valence-electron chi connectivity index (χ0n) is 12.2. The molecule has 1 heterocycles. The molecule has 1 aromatic carbocycles. The number of hydrogen-bond acceptors (Lipinski definition) is 4. The minimum Gasteiger partial charge on any atom is -0.339 e. The van der Waals surface area contributed by atoms with Gasteiger partial charge in [-0.2, -0.15) is 4.98 Å². The molecule has 4 heteroatoms. The second-order valence-electron chi connectivity index (χ2n) is 6.11. The van der Waals surface area contributed by atoms with Crippen molar-refractivity contribution in [3.05, 3.63) is 46.6 Å². The fourth-order valence-electron chi connectivity index (χ4n) is 2.00. The van der Waals surface area contributed by atoms with Gasteiger partial charge >= 0.3 is 0 Å². The molecule has 2 rings (SSSR count). The molecule has 19 heavy (non-hydrogen) atoms. The summed E-state index contributed by atoms with van der Waals surface area (Å²) in [5.41, 5.74) is 9.45. The van der Waals surface area contributed by atoms with Crippen molar-refractivity contribution in [1.29, 1.82) is 0 Å². The molecule has 0 aliphatic carbocycles. The van der Waals surface area contributed by atoms with Crippen molar-refractivity contribution >= 4 is 0 Å². The number of rotatable bonds is 2. The Bertz CT molecular complexity index is 561. The average Bonchev–Trinajstić information content (AvgIpc) is 2.75. The maximum absolute atomic E-state index is 6.23. The van der Waals surface area contributed by atoms with Gasteiger partial charge in [-0.1, -0.05) is 55.3 Å². The third-order valence-corrected chi connectivity index (χ3v) is 2.96. The zero-order valence-corrected chi connectivity index (χ0v) is 12.2. The number of aromatic nitrogens is 2. The van der Waals surface area contributed by atoms with Crippen molar-refractivity contribution in [3.63, 3.8) is 0 Å². The van der Waals surface area contributed by atoms with E-state index in [2.05, 4.69) is 42.2 Å². The van der Waals surface area contributed by atoms with Crippen LogP contribution in [0, 0.1) is 13.8 Å². The molecule has 0 saturated carbocycles. The van der Waals surface area contributed by atoms with Crippen molar-refractivity contribution in [2.45, 2.75) is 46.1 Å². The molecule has 0 radical (unpaired) electrons. The van der Waals surface area contributed by atoms with E-state index in [1.807, 2.05) is 20.8 Å². The van der Waals surface area contributed by atoms with E-state index >= 15 is 0 Å². The molecule has 2 N–H and O–H groups in total. The summed E-state index contributed by atoms with van der Waals surface area (Å²) in [6.45, 7) is 10.2. The predicted molar refractivity (Wildman–Crippen MR) is 74.9 cm³/mol. The van der Waals surface area contributed by atoms with Crippen LogP contribution in [0.5, 0.6) is 0 Å². The van der Waals surface area contributed by atoms with Gasteiger partial charge in [0.1, 0.15) is 0 Å². The zero-order chi connectivity index (χ0) is 14.2. The van der Waals surface area contributed by atoms with Gasteiger partial charge in [0, 0.05) is 5.41 Å². The van der Waals surface area contributed by atoms with Gasteiger partial charge in [-0.3, -0.25) is 0 Å². The number of hydrogen-bond donors (Lipinski definition) is 1. The lowest BCUT2D eigenvalue weighted by Gasteiger charge is -2.11. The molecule has 0 spiro atoms. The predicted octanol–water partition coefficient (Wildman–Crippen LogP) is 3.03. The van der Waals surface area contributed by atoms with E-state index in [4.69, 9.17) is 10.3 Å². The molecule has 0 fully saturated rings. The van der Waals surface area contributed by atoms with Crippen LogP contribution in [-0.4, -0.2) is 10.1 Å². The molecule has 1 aromatic heterocycles. The fraction of sp³-hybridized carbons (Fsp3) is 0.467. The lowest BCUT2D eigenvalue weighted by Crippen LogP contribution is -2.16. The smallest absolute Gasteiger partial charge is 0.232 e. The number of nitrogens with two attached hydrogens (primary N) is 1. The second-order valence-corrected chi connectivity index (χ2v) is 6.11. The van der Waals surface area contributed by atoms with Crippen molar-refractivity contribution in [2.24, 2.45) is 5.73 Å². The first-order valence-corrected chi connectivity index (χ1v) is 6.45. The normalized spacial score (nSPS) is 13.6. The minimum absolute atomic E-state index is 0.159. The SMILES string of the molecule is Cc1cc(C)cc(C(N)c2noc(C(C)(C)C)n2)c1. The molecular weight excluding hydrogens is 238 g/mol. The van der Waals surface area contributed by atoms with E-state index < -0.39 is 0 Å². The highest BCUT2D eigenvalue weighted by molar-refractivity contribution is 5.33. The maximum atomic E-state index is 6.23. The molecule has 1 atom stereocenters. The Morgan fingerprint density at radius 1 is 1.11 bits per heavy atom. The lowest BCUT2D eigenvalue weighted by molar-refractivity contribution is 0.317. The van der Waals surface area contributed by atoms with Crippen LogP contribution in [0.2, 0.25) is 0 Å². The summed E-state index contributed by atoms with van der Waals surface area (Å²) < 4.78 is 5.29. The molecule has 1 unspecified atom stereocenters. The van der Waals surface area contributed by atoms with Gasteiger partial charge in [-0.15, -0.1) is 0 Å². The number of benzene rings is 1. The van der Waals surface area contributed by atoms with E-state index in [9.17, 15) is 0 Å². The summed E-state index contributed by atoms with van der Waals surface area (Å²) in [6.07, 6.45) is 0. The third-order valence-electron chi connectivity index (χ3n) is 2.96. The van der Waals surface area contributed by atoms with Gasteiger partial charge < -0.3 is 10.3 Å². The van der Waals surface area contributed by atoms with Crippen LogP contribution in [-0.2, 0) is 5.41 Å². The van der Waals surface area contributed by atoms with Gasteiger partial charge in [-0.25, -0.2) is 0 Å². The first-order valence-electron chi connectivity index (χ1n) is 6.45. The summed E-state index contributed by atoms with van der Waals surface area (Å²) in [7, 11) is 0. The van der Waals surface area contributed by atoms with Gasteiger partial charge in [0.25, 0.3) is 0 Å². The van der Waals surface area contributed by atoms with Crippen LogP contribution in [0.4, 0.5) is 0 Å². The standard InChI is InChI=1S/C15H21N3O/c1-9-6-10(2)8-11(7-9)12(16)13-17-14(19-18-13)15(3,4)5/h6-8,12H,16H2,1-5H3. The molecule has 0 aliphatic heterocycles. The Hall–Kier alpha value is -1.68. The monoisotopic (exact) mass is 259 g/mol. The first kappa shape index (κ1) is 13.7. The fourth-order valence-corrected chi connectivity index (χ4v) is 2.00. The molecular formula is C15H21N3O. The average molecular weight is 259 g/mol. The summed E-state index contributed by atoms with van der Waals surface area (Å²) >= 11 is 0. The van der Waals surface area contributed by atoms with Crippen LogP contribution in [0.3, 0.4) is 0 Å². The topological polar surface area (TPSA) is 64.9 Å². The lowest BCUT2D eigenvalue weighted by atomic mass is 9.97. The van der Waals surface area contributed by atoms with Crippen LogP contribution in [0.15, 0.2) is 22.7 Å². The van der Waals surface area contributed by atoms with E-state index in [1.54, 1.807) is 0 Å². The highest BCUT2D eigenvalue weighted by Crippen LogP contribution is 2.24. The molecule has 0 amide bonds. The third kappa shape index (κ3) is 3.01. The van der Waals surface area contributed by atoms with Crippen LogP contribution < -0.4 is 5.73 Å². The van der Waals surface area contributed by atoms with Crippen LogP contribution >= 0.6 is 0 Å². The van der Waals surface area contributed by atoms with Gasteiger partial charge in [0.05, 0.1) is 6.04 Å². The van der Waals surface area contributed by atoms with Gasteiger partial charge in [0.2, 0.25) is 5.89 Å². The Labute approximate surface area is 114 Å². The maximum Gasteiger partial charge on any atom is 0.232 e. The van der Waals surface area contributed by atoms with E-state index in [0.717, 1.165) is 5.56 Å². The van der Waals surface area contributed by atoms with Gasteiger partial charge in [-0.05, 0) is 19.4 Å². The van der Waals surface area contributed by atoms with E-state index in [1.165, 1.54) is 11.1 Å². The second kappa shape index (κ2) is 4.78.